The molecule has 122 valence electrons. The number of rotatable bonds is 4. The van der Waals surface area contributed by atoms with Gasteiger partial charge in [-0.2, -0.15) is 0 Å². The lowest BCUT2D eigenvalue weighted by atomic mass is 9.88. The van der Waals surface area contributed by atoms with Gasteiger partial charge in [0.25, 0.3) is 0 Å². The van der Waals surface area contributed by atoms with Crippen LogP contribution in [-0.4, -0.2) is 16.7 Å². The van der Waals surface area contributed by atoms with Crippen LogP contribution >= 0.6 is 0 Å². The molecule has 3 nitrogen and oxygen atoms in total. The van der Waals surface area contributed by atoms with Gasteiger partial charge in [0, 0.05) is 5.39 Å². The highest BCUT2D eigenvalue weighted by molar-refractivity contribution is 6.04. The van der Waals surface area contributed by atoms with E-state index in [1.54, 1.807) is 24.3 Å². The molecule has 0 amide bonds. The number of fused-ring (bicyclic) bond motifs is 1. The van der Waals surface area contributed by atoms with E-state index in [1.165, 1.54) is 6.07 Å². The van der Waals surface area contributed by atoms with Gasteiger partial charge in [0.15, 0.2) is 11.6 Å². The molecule has 1 aliphatic carbocycles. The zero-order chi connectivity index (χ0) is 16.6. The smallest absolute Gasteiger partial charge is 0.336 e. The molecule has 1 N–H and O–H groups in total. The average Bonchev–Trinajstić information content (AvgIpc) is 3.00. The van der Waals surface area contributed by atoms with Gasteiger partial charge in [-0.15, -0.1) is 0 Å². The molecule has 2 aromatic rings. The fraction of sp³-hybridized carbons (Fsp3) is 0.421. The van der Waals surface area contributed by atoms with E-state index in [4.69, 9.17) is 4.74 Å². The molecular weight excluding hydrogens is 295 g/mol. The molecule has 0 unspecified atom stereocenters. The van der Waals surface area contributed by atoms with Crippen molar-refractivity contribution in [1.29, 1.82) is 0 Å². The second kappa shape index (κ2) is 5.84. The van der Waals surface area contributed by atoms with Crippen molar-refractivity contribution in [2.45, 2.75) is 45.1 Å². The number of hydrogen-bond donors (Lipinski definition) is 1. The van der Waals surface area contributed by atoms with Crippen LogP contribution in [0.1, 0.15) is 49.9 Å². The predicted octanol–water partition coefficient (Wildman–Crippen LogP) is 5.02. The predicted molar refractivity (Wildman–Crippen MR) is 87.5 cm³/mol. The van der Waals surface area contributed by atoms with Crippen LogP contribution in [0.15, 0.2) is 30.3 Å². The summed E-state index contributed by atoms with van der Waals surface area (Å²) in [5, 5.41) is 10.1. The first kappa shape index (κ1) is 15.8. The van der Waals surface area contributed by atoms with E-state index in [1.807, 2.05) is 0 Å². The molecule has 0 bridgehead atoms. The van der Waals surface area contributed by atoms with E-state index < -0.39 is 17.4 Å². The van der Waals surface area contributed by atoms with Gasteiger partial charge in [0.05, 0.1) is 5.56 Å². The molecular formula is C19H21FO3. The maximum Gasteiger partial charge on any atom is 0.336 e. The summed E-state index contributed by atoms with van der Waals surface area (Å²) in [6.07, 6.45) is 3.86. The lowest BCUT2D eigenvalue weighted by molar-refractivity contribution is 0.0252. The molecule has 0 aliphatic heterocycles. The van der Waals surface area contributed by atoms with Gasteiger partial charge in [-0.05, 0) is 43.1 Å². The molecule has 0 spiro atoms. The summed E-state index contributed by atoms with van der Waals surface area (Å²) in [6.45, 7) is 4.14. The summed E-state index contributed by atoms with van der Waals surface area (Å²) in [4.78, 5) is 11.6. The molecule has 1 saturated carbocycles. The SMILES string of the molecule is CC(C)C1(Oc2cc(C(=O)O)c3ccccc3c2F)CCCC1. The zero-order valence-corrected chi connectivity index (χ0v) is 13.4. The first-order valence-electron chi connectivity index (χ1n) is 8.08. The van der Waals surface area contributed by atoms with Crippen molar-refractivity contribution in [2.24, 2.45) is 5.92 Å². The van der Waals surface area contributed by atoms with Crippen molar-refractivity contribution < 1.29 is 19.0 Å². The highest BCUT2D eigenvalue weighted by atomic mass is 19.1. The third-order valence-electron chi connectivity index (χ3n) is 4.99. The first-order valence-corrected chi connectivity index (χ1v) is 8.08. The Morgan fingerprint density at radius 1 is 1.22 bits per heavy atom. The Kier molecular flexibility index (Phi) is 4.00. The average molecular weight is 316 g/mol. The number of carbonyl (C=O) groups is 1. The van der Waals surface area contributed by atoms with E-state index in [9.17, 15) is 14.3 Å². The second-order valence-electron chi connectivity index (χ2n) is 6.62. The van der Waals surface area contributed by atoms with Crippen LogP contribution in [0, 0.1) is 11.7 Å². The van der Waals surface area contributed by atoms with E-state index in [0.717, 1.165) is 25.7 Å². The Labute approximate surface area is 135 Å². The standard InChI is InChI=1S/C19H21FO3/c1-12(2)19(9-5-6-10-19)23-16-11-15(18(21)22)13-7-3-4-8-14(13)17(16)20/h3-4,7-8,11-12H,5-6,9-10H2,1-2H3,(H,21,22). The molecule has 4 heteroatoms. The van der Waals surface area contributed by atoms with Crippen molar-refractivity contribution in [3.05, 3.63) is 41.7 Å². The normalized spacial score (nSPS) is 16.9. The number of benzene rings is 2. The summed E-state index contributed by atoms with van der Waals surface area (Å²) in [5.41, 5.74) is -0.326. The number of carboxylic acids is 1. The van der Waals surface area contributed by atoms with Crippen molar-refractivity contribution in [1.82, 2.24) is 0 Å². The summed E-state index contributed by atoms with van der Waals surface area (Å²) in [6, 6.07) is 7.97. The Balaban J connectivity index is 2.14. The Morgan fingerprint density at radius 2 is 1.83 bits per heavy atom. The topological polar surface area (TPSA) is 46.5 Å². The van der Waals surface area contributed by atoms with Crippen LogP contribution in [0.3, 0.4) is 0 Å². The van der Waals surface area contributed by atoms with Crippen LogP contribution < -0.4 is 4.74 Å². The summed E-state index contributed by atoms with van der Waals surface area (Å²) >= 11 is 0. The molecule has 2 aromatic carbocycles. The third-order valence-corrected chi connectivity index (χ3v) is 4.99. The van der Waals surface area contributed by atoms with Crippen molar-refractivity contribution in [3.63, 3.8) is 0 Å². The van der Waals surface area contributed by atoms with Crippen LogP contribution in [0.4, 0.5) is 4.39 Å². The van der Waals surface area contributed by atoms with Crippen LogP contribution in [-0.2, 0) is 0 Å². The molecule has 0 radical (unpaired) electrons. The van der Waals surface area contributed by atoms with E-state index in [2.05, 4.69) is 13.8 Å². The quantitative estimate of drug-likeness (QED) is 0.861. The zero-order valence-electron chi connectivity index (χ0n) is 13.4. The number of hydrogen-bond acceptors (Lipinski definition) is 2. The molecule has 23 heavy (non-hydrogen) atoms. The molecule has 0 saturated heterocycles. The van der Waals surface area contributed by atoms with Gasteiger partial charge in [0.2, 0.25) is 0 Å². The molecule has 1 fully saturated rings. The highest BCUT2D eigenvalue weighted by Crippen LogP contribution is 2.42. The van der Waals surface area contributed by atoms with Crippen LogP contribution in [0.2, 0.25) is 0 Å². The second-order valence-corrected chi connectivity index (χ2v) is 6.62. The fourth-order valence-corrected chi connectivity index (χ4v) is 3.56. The largest absolute Gasteiger partial charge is 0.484 e. The van der Waals surface area contributed by atoms with Gasteiger partial charge in [-0.3, -0.25) is 0 Å². The summed E-state index contributed by atoms with van der Waals surface area (Å²) in [5.74, 6) is -1.26. The monoisotopic (exact) mass is 316 g/mol. The van der Waals surface area contributed by atoms with E-state index >= 15 is 0 Å². The molecule has 0 aromatic heterocycles. The maximum absolute atomic E-state index is 14.9. The Hall–Kier alpha value is -2.10. The van der Waals surface area contributed by atoms with E-state index in [-0.39, 0.29) is 17.2 Å². The lowest BCUT2D eigenvalue weighted by Gasteiger charge is -2.34. The van der Waals surface area contributed by atoms with E-state index in [0.29, 0.717) is 10.8 Å². The first-order chi connectivity index (χ1) is 10.9. The number of aromatic carboxylic acids is 1. The van der Waals surface area contributed by atoms with Crippen molar-refractivity contribution >= 4 is 16.7 Å². The summed E-state index contributed by atoms with van der Waals surface area (Å²) in [7, 11) is 0. The minimum atomic E-state index is -1.07. The van der Waals surface area contributed by atoms with Gasteiger partial charge >= 0.3 is 5.97 Å². The van der Waals surface area contributed by atoms with Gasteiger partial charge < -0.3 is 9.84 Å². The molecule has 0 heterocycles. The summed E-state index contributed by atoms with van der Waals surface area (Å²) < 4.78 is 21.0. The minimum Gasteiger partial charge on any atom is -0.484 e. The minimum absolute atomic E-state index is 0.0525. The van der Waals surface area contributed by atoms with Crippen LogP contribution in [0.5, 0.6) is 5.75 Å². The molecule has 3 rings (SSSR count). The highest BCUT2D eigenvalue weighted by Gasteiger charge is 2.40. The maximum atomic E-state index is 14.9. The number of ether oxygens (including phenoxy) is 1. The van der Waals surface area contributed by atoms with Gasteiger partial charge in [-0.25, -0.2) is 9.18 Å². The van der Waals surface area contributed by atoms with Gasteiger partial charge in [0.1, 0.15) is 5.60 Å². The number of halogens is 1. The molecule has 1 aliphatic rings. The van der Waals surface area contributed by atoms with Crippen molar-refractivity contribution in [3.8, 4) is 5.75 Å². The van der Waals surface area contributed by atoms with Gasteiger partial charge in [-0.1, -0.05) is 38.1 Å². The Bertz CT molecular complexity index is 746. The Morgan fingerprint density at radius 3 is 2.39 bits per heavy atom. The third kappa shape index (κ3) is 2.67. The fourth-order valence-electron chi connectivity index (χ4n) is 3.56. The molecule has 0 atom stereocenters. The van der Waals surface area contributed by atoms with Crippen LogP contribution in [0.25, 0.3) is 10.8 Å². The lowest BCUT2D eigenvalue weighted by Crippen LogP contribution is -2.38. The number of carboxylic acid groups (broad SMARTS) is 1. The van der Waals surface area contributed by atoms with Crippen molar-refractivity contribution in [2.75, 3.05) is 0 Å².